The Labute approximate surface area is 126 Å². The van der Waals surface area contributed by atoms with Crippen LogP contribution in [0.25, 0.3) is 0 Å². The first-order chi connectivity index (χ1) is 9.79. The number of carboxylic acid groups (broad SMARTS) is 1. The number of thioether (sulfide) groups is 1. The van der Waals surface area contributed by atoms with E-state index in [0.717, 1.165) is 4.90 Å². The van der Waals surface area contributed by atoms with Crippen molar-refractivity contribution in [1.82, 2.24) is 15.5 Å². The fraction of sp³-hybridized carbons (Fsp3) is 0.667. The Kier molecular flexibility index (Phi) is 6.01. The standard InChI is InChI=1S/C12H19N3O5S/c1-12(2)10(19)15(11(20)14-12)4-6-21-5-3-8(9(17)18)13-7-16/h7-8H,3-6H2,1-2H3,(H,13,16)(H,14,20)(H,17,18). The van der Waals surface area contributed by atoms with Gasteiger partial charge >= 0.3 is 12.0 Å². The van der Waals surface area contributed by atoms with Gasteiger partial charge in [0, 0.05) is 12.3 Å². The molecule has 1 rings (SSSR count). The molecule has 1 atom stereocenters. The van der Waals surface area contributed by atoms with E-state index < -0.39 is 23.6 Å². The van der Waals surface area contributed by atoms with Crippen molar-refractivity contribution in [2.24, 2.45) is 0 Å². The molecule has 0 aromatic rings. The van der Waals surface area contributed by atoms with Crippen LogP contribution in [-0.2, 0) is 14.4 Å². The number of urea groups is 1. The van der Waals surface area contributed by atoms with Gasteiger partial charge in [0.2, 0.25) is 6.41 Å². The quantitative estimate of drug-likeness (QED) is 0.304. The summed E-state index contributed by atoms with van der Waals surface area (Å²) in [5.74, 6) is -0.328. The summed E-state index contributed by atoms with van der Waals surface area (Å²) in [6.45, 7) is 3.56. The average Bonchev–Trinajstić information content (AvgIpc) is 2.58. The zero-order valence-corrected chi connectivity index (χ0v) is 12.7. The normalized spacial score (nSPS) is 18.3. The van der Waals surface area contributed by atoms with Crippen LogP contribution in [0.2, 0.25) is 0 Å². The van der Waals surface area contributed by atoms with Gasteiger partial charge in [-0.2, -0.15) is 11.8 Å². The maximum Gasteiger partial charge on any atom is 0.326 e. The molecule has 8 nitrogen and oxygen atoms in total. The molecular formula is C12H19N3O5S. The monoisotopic (exact) mass is 317 g/mol. The maximum absolute atomic E-state index is 11.9. The number of hydrogen-bond acceptors (Lipinski definition) is 5. The number of imide groups is 1. The van der Waals surface area contributed by atoms with Crippen LogP contribution in [0.1, 0.15) is 20.3 Å². The average molecular weight is 317 g/mol. The number of nitrogens with zero attached hydrogens (tertiary/aromatic N) is 1. The van der Waals surface area contributed by atoms with Crippen LogP contribution >= 0.6 is 11.8 Å². The lowest BCUT2D eigenvalue weighted by Gasteiger charge is -2.16. The predicted molar refractivity (Wildman–Crippen MR) is 76.9 cm³/mol. The molecule has 21 heavy (non-hydrogen) atoms. The fourth-order valence-electron chi connectivity index (χ4n) is 1.84. The number of amides is 4. The lowest BCUT2D eigenvalue weighted by Crippen LogP contribution is -2.40. The summed E-state index contributed by atoms with van der Waals surface area (Å²) < 4.78 is 0. The molecule has 0 saturated carbocycles. The van der Waals surface area contributed by atoms with E-state index in [1.54, 1.807) is 13.8 Å². The summed E-state index contributed by atoms with van der Waals surface area (Å²) in [6.07, 6.45) is 0.642. The van der Waals surface area contributed by atoms with Crippen molar-refractivity contribution < 1.29 is 24.3 Å². The zero-order chi connectivity index (χ0) is 16.0. The minimum Gasteiger partial charge on any atom is -0.480 e. The SMILES string of the molecule is CC1(C)NC(=O)N(CCSCCC(NC=O)C(=O)O)C1=O. The highest BCUT2D eigenvalue weighted by Gasteiger charge is 2.43. The van der Waals surface area contributed by atoms with Gasteiger partial charge in [0.1, 0.15) is 11.6 Å². The van der Waals surface area contributed by atoms with Crippen molar-refractivity contribution in [2.45, 2.75) is 31.8 Å². The molecule has 1 unspecified atom stereocenters. The second kappa shape index (κ2) is 7.30. The summed E-state index contributed by atoms with van der Waals surface area (Å²) in [7, 11) is 0. The van der Waals surface area contributed by atoms with E-state index in [0.29, 0.717) is 17.9 Å². The molecule has 0 spiro atoms. The maximum atomic E-state index is 11.9. The van der Waals surface area contributed by atoms with Gasteiger partial charge < -0.3 is 15.7 Å². The van der Waals surface area contributed by atoms with Gasteiger partial charge in [-0.1, -0.05) is 0 Å². The van der Waals surface area contributed by atoms with Crippen LogP contribution in [0.5, 0.6) is 0 Å². The first-order valence-corrected chi connectivity index (χ1v) is 7.59. The Hall–Kier alpha value is -1.77. The van der Waals surface area contributed by atoms with Crippen molar-refractivity contribution in [3.8, 4) is 0 Å². The van der Waals surface area contributed by atoms with Gasteiger partial charge in [0.05, 0.1) is 0 Å². The summed E-state index contributed by atoms with van der Waals surface area (Å²) in [4.78, 5) is 45.7. The Morgan fingerprint density at radius 3 is 2.62 bits per heavy atom. The molecule has 1 saturated heterocycles. The van der Waals surface area contributed by atoms with Gasteiger partial charge in [0.25, 0.3) is 5.91 Å². The number of hydrogen-bond donors (Lipinski definition) is 3. The third-order valence-corrected chi connectivity index (χ3v) is 4.02. The molecule has 1 aliphatic rings. The van der Waals surface area contributed by atoms with Crippen LogP contribution in [0.3, 0.4) is 0 Å². The molecule has 0 aromatic heterocycles. The second-order valence-electron chi connectivity index (χ2n) is 5.09. The molecule has 118 valence electrons. The topological polar surface area (TPSA) is 116 Å². The van der Waals surface area contributed by atoms with Crippen LogP contribution < -0.4 is 10.6 Å². The lowest BCUT2D eigenvalue weighted by atomic mass is 10.1. The van der Waals surface area contributed by atoms with Gasteiger partial charge in [0.15, 0.2) is 0 Å². The number of nitrogens with one attached hydrogen (secondary N) is 2. The number of aliphatic carboxylic acids is 1. The van der Waals surface area contributed by atoms with Gasteiger partial charge in [-0.15, -0.1) is 0 Å². The highest BCUT2D eigenvalue weighted by molar-refractivity contribution is 7.99. The van der Waals surface area contributed by atoms with Gasteiger partial charge in [-0.05, 0) is 26.0 Å². The number of carbonyl (C=O) groups is 4. The molecule has 0 bridgehead atoms. The van der Waals surface area contributed by atoms with Crippen molar-refractivity contribution in [1.29, 1.82) is 0 Å². The number of rotatable bonds is 9. The molecule has 3 N–H and O–H groups in total. The summed E-state index contributed by atoms with van der Waals surface area (Å²) in [6, 6.07) is -1.32. The van der Waals surface area contributed by atoms with Gasteiger partial charge in [-0.25, -0.2) is 9.59 Å². The molecule has 0 aliphatic carbocycles. The molecule has 1 fully saturated rings. The largest absolute Gasteiger partial charge is 0.480 e. The first-order valence-electron chi connectivity index (χ1n) is 6.44. The van der Waals surface area contributed by atoms with Crippen molar-refractivity contribution >= 4 is 36.1 Å². The van der Waals surface area contributed by atoms with Crippen LogP contribution in [0, 0.1) is 0 Å². The van der Waals surface area contributed by atoms with E-state index in [-0.39, 0.29) is 18.9 Å². The minimum atomic E-state index is -1.08. The van der Waals surface area contributed by atoms with Crippen molar-refractivity contribution in [2.75, 3.05) is 18.1 Å². The highest BCUT2D eigenvalue weighted by Crippen LogP contribution is 2.17. The number of carboxylic acids is 1. The van der Waals surface area contributed by atoms with E-state index in [9.17, 15) is 19.2 Å². The molecule has 0 radical (unpaired) electrons. The Morgan fingerprint density at radius 1 is 1.48 bits per heavy atom. The van der Waals surface area contributed by atoms with Crippen LogP contribution in [0.4, 0.5) is 4.79 Å². The Balaban J connectivity index is 2.29. The summed E-state index contributed by atoms with van der Waals surface area (Å²) >= 11 is 1.42. The molecule has 0 aromatic carbocycles. The molecular weight excluding hydrogens is 298 g/mol. The van der Waals surface area contributed by atoms with Crippen molar-refractivity contribution in [3.05, 3.63) is 0 Å². The second-order valence-corrected chi connectivity index (χ2v) is 6.31. The molecule has 4 amide bonds. The first kappa shape index (κ1) is 17.3. The van der Waals surface area contributed by atoms with Gasteiger partial charge in [-0.3, -0.25) is 14.5 Å². The lowest BCUT2D eigenvalue weighted by molar-refractivity contribution is -0.140. The summed E-state index contributed by atoms with van der Waals surface area (Å²) in [5, 5.41) is 13.6. The van der Waals surface area contributed by atoms with E-state index in [1.165, 1.54) is 11.8 Å². The smallest absolute Gasteiger partial charge is 0.326 e. The molecule has 1 aliphatic heterocycles. The minimum absolute atomic E-state index is 0.265. The molecule has 9 heteroatoms. The van der Waals surface area contributed by atoms with E-state index in [1.807, 2.05) is 0 Å². The highest BCUT2D eigenvalue weighted by atomic mass is 32.2. The fourth-order valence-corrected chi connectivity index (χ4v) is 2.76. The van der Waals surface area contributed by atoms with Crippen LogP contribution in [0.15, 0.2) is 0 Å². The van der Waals surface area contributed by atoms with Crippen LogP contribution in [-0.4, -0.2) is 64.0 Å². The number of carbonyl (C=O) groups excluding carboxylic acids is 3. The van der Waals surface area contributed by atoms with E-state index in [4.69, 9.17) is 5.11 Å². The summed E-state index contributed by atoms with van der Waals surface area (Å²) in [5.41, 5.74) is -0.871. The third-order valence-electron chi connectivity index (χ3n) is 3.02. The molecule has 1 heterocycles. The third kappa shape index (κ3) is 4.62. The predicted octanol–water partition coefficient (Wildman–Crippen LogP) is -0.361. The van der Waals surface area contributed by atoms with E-state index >= 15 is 0 Å². The Bertz CT molecular complexity index is 441. The Morgan fingerprint density at radius 2 is 2.14 bits per heavy atom. The zero-order valence-electron chi connectivity index (χ0n) is 11.9. The van der Waals surface area contributed by atoms with Crippen molar-refractivity contribution in [3.63, 3.8) is 0 Å². The van der Waals surface area contributed by atoms with E-state index in [2.05, 4.69) is 10.6 Å².